The van der Waals surface area contributed by atoms with Gasteiger partial charge in [-0.1, -0.05) is 0 Å². The smallest absolute Gasteiger partial charge is 0.326 e. The third-order valence-corrected chi connectivity index (χ3v) is 1.95. The Labute approximate surface area is 69.2 Å². The molecule has 60 valence electrons. The van der Waals surface area contributed by atoms with Gasteiger partial charge in [0.15, 0.2) is 0 Å². The number of halogens is 1. The number of H-pyrrole nitrogens is 2. The van der Waals surface area contributed by atoms with E-state index in [1.165, 1.54) is 0 Å². The van der Waals surface area contributed by atoms with E-state index in [1.54, 1.807) is 0 Å². The summed E-state index contributed by atoms with van der Waals surface area (Å²) in [5.74, 6) is 0. The van der Waals surface area contributed by atoms with Crippen LogP contribution in [0.5, 0.6) is 0 Å². The highest BCUT2D eigenvalue weighted by atomic mass is 79.9. The first-order chi connectivity index (χ1) is 5.15. The normalized spacial score (nSPS) is 10.0. The quantitative estimate of drug-likeness (QED) is 0.587. The summed E-state index contributed by atoms with van der Waals surface area (Å²) in [5.41, 5.74) is -0.987. The molecule has 1 aromatic heterocycles. The molecule has 1 heterocycles. The molecule has 0 unspecified atom stereocenters. The van der Waals surface area contributed by atoms with Crippen LogP contribution in [0.25, 0.3) is 0 Å². The maximum atomic E-state index is 10.8. The number of aromatic amines is 2. The second-order valence-electron chi connectivity index (χ2n) is 1.86. The lowest BCUT2D eigenvalue weighted by Crippen LogP contribution is -2.24. The van der Waals surface area contributed by atoms with Crippen molar-refractivity contribution >= 4 is 15.9 Å². The molecule has 6 heteroatoms. The summed E-state index contributed by atoms with van der Waals surface area (Å²) in [5, 5.41) is 8.61. The zero-order valence-electron chi connectivity index (χ0n) is 5.35. The van der Waals surface area contributed by atoms with Crippen molar-refractivity contribution in [3.8, 4) is 0 Å². The minimum Gasteiger partial charge on any atom is -0.390 e. The third-order valence-electron chi connectivity index (χ3n) is 1.11. The molecule has 0 fully saturated rings. The van der Waals surface area contributed by atoms with Gasteiger partial charge >= 0.3 is 5.69 Å². The van der Waals surface area contributed by atoms with Crippen LogP contribution in [0.3, 0.4) is 0 Å². The van der Waals surface area contributed by atoms with Crippen LogP contribution in [0.15, 0.2) is 14.1 Å². The summed E-state index contributed by atoms with van der Waals surface area (Å²) in [6.45, 7) is -0.375. The molecule has 0 aliphatic heterocycles. The van der Waals surface area contributed by atoms with E-state index in [0.29, 0.717) is 0 Å². The largest absolute Gasteiger partial charge is 0.390 e. The van der Waals surface area contributed by atoms with Crippen LogP contribution in [0, 0.1) is 0 Å². The van der Waals surface area contributed by atoms with Crippen molar-refractivity contribution in [2.45, 2.75) is 6.61 Å². The van der Waals surface area contributed by atoms with Gasteiger partial charge in [0.2, 0.25) is 0 Å². The SMILES string of the molecule is O=c1[nH]c(CO)c(Br)c(=O)[nH]1. The highest BCUT2D eigenvalue weighted by Gasteiger charge is 2.03. The Hall–Kier alpha value is -0.880. The van der Waals surface area contributed by atoms with Crippen molar-refractivity contribution in [1.82, 2.24) is 9.97 Å². The molecule has 0 saturated carbocycles. The molecule has 0 spiro atoms. The molecule has 0 amide bonds. The fraction of sp³-hybridized carbons (Fsp3) is 0.200. The number of aliphatic hydroxyl groups excluding tert-OH is 1. The number of aromatic nitrogens is 2. The second kappa shape index (κ2) is 3.02. The number of hydrogen-bond donors (Lipinski definition) is 3. The van der Waals surface area contributed by atoms with Gasteiger partial charge in [0, 0.05) is 0 Å². The van der Waals surface area contributed by atoms with Gasteiger partial charge in [0.25, 0.3) is 5.56 Å². The van der Waals surface area contributed by atoms with Crippen LogP contribution in [0.1, 0.15) is 5.69 Å². The molecule has 5 nitrogen and oxygen atoms in total. The Balaban J connectivity index is 3.49. The minimum absolute atomic E-state index is 0.152. The Bertz CT molecular complexity index is 367. The fourth-order valence-electron chi connectivity index (χ4n) is 0.627. The number of aliphatic hydroxyl groups is 1. The zero-order valence-corrected chi connectivity index (χ0v) is 6.93. The number of hydrogen-bond acceptors (Lipinski definition) is 3. The van der Waals surface area contributed by atoms with Crippen molar-refractivity contribution in [1.29, 1.82) is 0 Å². The van der Waals surface area contributed by atoms with Gasteiger partial charge in [-0.2, -0.15) is 0 Å². The molecule has 0 aromatic carbocycles. The van der Waals surface area contributed by atoms with Gasteiger partial charge < -0.3 is 10.1 Å². The lowest BCUT2D eigenvalue weighted by Gasteiger charge is -1.96. The van der Waals surface area contributed by atoms with Crippen molar-refractivity contribution in [2.24, 2.45) is 0 Å². The third kappa shape index (κ3) is 1.58. The van der Waals surface area contributed by atoms with Gasteiger partial charge in [0.1, 0.15) is 4.47 Å². The van der Waals surface area contributed by atoms with E-state index in [1.807, 2.05) is 4.98 Å². The lowest BCUT2D eigenvalue weighted by molar-refractivity contribution is 0.275. The maximum absolute atomic E-state index is 10.8. The van der Waals surface area contributed by atoms with E-state index >= 15 is 0 Å². The first kappa shape index (κ1) is 8.22. The Morgan fingerprint density at radius 1 is 1.36 bits per heavy atom. The first-order valence-corrected chi connectivity index (χ1v) is 3.56. The summed E-state index contributed by atoms with van der Waals surface area (Å²) < 4.78 is 0.152. The molecule has 11 heavy (non-hydrogen) atoms. The van der Waals surface area contributed by atoms with Crippen LogP contribution in [0.4, 0.5) is 0 Å². The zero-order chi connectivity index (χ0) is 8.43. The fourth-order valence-corrected chi connectivity index (χ4v) is 0.951. The minimum atomic E-state index is -0.623. The van der Waals surface area contributed by atoms with Crippen LogP contribution in [-0.4, -0.2) is 15.1 Å². The predicted molar refractivity (Wildman–Crippen MR) is 41.3 cm³/mol. The Morgan fingerprint density at radius 2 is 2.00 bits per heavy atom. The van der Waals surface area contributed by atoms with E-state index in [-0.39, 0.29) is 16.8 Å². The monoisotopic (exact) mass is 220 g/mol. The highest BCUT2D eigenvalue weighted by Crippen LogP contribution is 2.04. The number of nitrogens with one attached hydrogen (secondary N) is 2. The summed E-state index contributed by atoms with van der Waals surface area (Å²) >= 11 is 2.90. The van der Waals surface area contributed by atoms with E-state index in [0.717, 1.165) is 0 Å². The summed E-state index contributed by atoms with van der Waals surface area (Å²) in [6, 6.07) is 0. The highest BCUT2D eigenvalue weighted by molar-refractivity contribution is 9.10. The molecule has 0 saturated heterocycles. The van der Waals surface area contributed by atoms with Crippen LogP contribution in [-0.2, 0) is 6.61 Å². The molecule has 1 rings (SSSR count). The average Bonchev–Trinajstić information content (AvgIpc) is 1.96. The average molecular weight is 221 g/mol. The summed E-state index contributed by atoms with van der Waals surface area (Å²) in [6.07, 6.45) is 0. The topological polar surface area (TPSA) is 85.9 Å². The van der Waals surface area contributed by atoms with Gasteiger partial charge in [0.05, 0.1) is 12.3 Å². The summed E-state index contributed by atoms with van der Waals surface area (Å²) in [7, 11) is 0. The van der Waals surface area contributed by atoms with Crippen molar-refractivity contribution in [3.05, 3.63) is 31.0 Å². The van der Waals surface area contributed by atoms with Crippen LogP contribution in [0.2, 0.25) is 0 Å². The second-order valence-corrected chi connectivity index (χ2v) is 2.65. The molecular formula is C5H5BrN2O3. The standard InChI is InChI=1S/C5H5BrN2O3/c6-3-2(1-9)7-5(11)8-4(3)10/h9H,1H2,(H2,7,8,10,11). The molecule has 0 bridgehead atoms. The predicted octanol–water partition coefficient (Wildman–Crippen LogP) is -0.682. The van der Waals surface area contributed by atoms with Crippen molar-refractivity contribution < 1.29 is 5.11 Å². The Kier molecular flexibility index (Phi) is 2.25. The van der Waals surface area contributed by atoms with E-state index in [4.69, 9.17) is 5.11 Å². The molecule has 0 aliphatic carbocycles. The van der Waals surface area contributed by atoms with Gasteiger partial charge in [-0.25, -0.2) is 4.79 Å². The molecule has 0 radical (unpaired) electrons. The van der Waals surface area contributed by atoms with Crippen LogP contribution < -0.4 is 11.2 Å². The molecular weight excluding hydrogens is 216 g/mol. The molecule has 0 atom stereocenters. The van der Waals surface area contributed by atoms with Crippen molar-refractivity contribution in [2.75, 3.05) is 0 Å². The van der Waals surface area contributed by atoms with Gasteiger partial charge in [-0.05, 0) is 15.9 Å². The van der Waals surface area contributed by atoms with Gasteiger partial charge in [-0.15, -0.1) is 0 Å². The molecule has 0 aliphatic rings. The van der Waals surface area contributed by atoms with Crippen molar-refractivity contribution in [3.63, 3.8) is 0 Å². The lowest BCUT2D eigenvalue weighted by atomic mass is 10.4. The van der Waals surface area contributed by atoms with Crippen LogP contribution >= 0.6 is 15.9 Å². The maximum Gasteiger partial charge on any atom is 0.326 e. The van der Waals surface area contributed by atoms with E-state index in [2.05, 4.69) is 20.9 Å². The summed E-state index contributed by atoms with van der Waals surface area (Å²) in [4.78, 5) is 25.6. The van der Waals surface area contributed by atoms with Gasteiger partial charge in [-0.3, -0.25) is 9.78 Å². The molecule has 1 aromatic rings. The van der Waals surface area contributed by atoms with E-state index in [9.17, 15) is 9.59 Å². The Morgan fingerprint density at radius 3 is 2.55 bits per heavy atom. The van der Waals surface area contributed by atoms with E-state index < -0.39 is 11.2 Å². The molecule has 3 N–H and O–H groups in total. The number of rotatable bonds is 1. The first-order valence-electron chi connectivity index (χ1n) is 2.77.